The lowest BCUT2D eigenvalue weighted by Gasteiger charge is -2.19. The minimum absolute atomic E-state index is 0.214. The van der Waals surface area contributed by atoms with Crippen molar-refractivity contribution in [3.05, 3.63) is 0 Å². The third-order valence-corrected chi connectivity index (χ3v) is 4.79. The molecule has 0 saturated carbocycles. The molecular weight excluding hydrogens is 300 g/mol. The molecule has 0 radical (unpaired) electrons. The summed E-state index contributed by atoms with van der Waals surface area (Å²) in [5, 5.41) is 18.6. The summed E-state index contributed by atoms with van der Waals surface area (Å²) >= 11 is 0. The lowest BCUT2D eigenvalue weighted by molar-refractivity contribution is -0.338. The van der Waals surface area contributed by atoms with Crippen LogP contribution in [0.15, 0.2) is 0 Å². The van der Waals surface area contributed by atoms with Crippen molar-refractivity contribution in [3.8, 4) is 0 Å². The molecule has 0 spiro atoms. The quantitative estimate of drug-likeness (QED) is 0.213. The number of ether oxygens (including phenoxy) is 1. The first-order valence-corrected chi connectivity index (χ1v) is 10.7. The molecule has 0 heterocycles. The highest BCUT2D eigenvalue weighted by molar-refractivity contribution is 4.51. The van der Waals surface area contributed by atoms with Crippen LogP contribution in [0.1, 0.15) is 123 Å². The van der Waals surface area contributed by atoms with Crippen LogP contribution in [0.3, 0.4) is 0 Å². The molecule has 0 atom stereocenters. The van der Waals surface area contributed by atoms with Gasteiger partial charge in [-0.3, -0.25) is 0 Å². The third kappa shape index (κ3) is 18.2. The maximum atomic E-state index is 9.28. The minimum Gasteiger partial charge on any atom is -0.343 e. The average Bonchev–Trinajstić information content (AvgIpc) is 2.57. The molecule has 0 aromatic rings. The van der Waals surface area contributed by atoms with E-state index in [1.54, 1.807) is 6.92 Å². The van der Waals surface area contributed by atoms with E-state index in [4.69, 9.17) is 4.74 Å². The van der Waals surface area contributed by atoms with E-state index in [9.17, 15) is 10.2 Å². The van der Waals surface area contributed by atoms with E-state index >= 15 is 0 Å². The molecule has 0 saturated heterocycles. The maximum absolute atomic E-state index is 9.28. The first kappa shape index (κ1) is 23.9. The van der Waals surface area contributed by atoms with Gasteiger partial charge in [0.25, 0.3) is 5.97 Å². The topological polar surface area (TPSA) is 49.7 Å². The van der Waals surface area contributed by atoms with Gasteiger partial charge in [0.2, 0.25) is 0 Å². The second kappa shape index (κ2) is 17.7. The van der Waals surface area contributed by atoms with Gasteiger partial charge in [-0.1, -0.05) is 110 Å². The highest BCUT2D eigenvalue weighted by atomic mass is 16.8. The predicted molar refractivity (Wildman–Crippen MR) is 103 cm³/mol. The highest BCUT2D eigenvalue weighted by Gasteiger charge is 2.19. The molecule has 0 bridgehead atoms. The second-order valence-electron chi connectivity index (χ2n) is 7.25. The molecule has 2 N–H and O–H groups in total. The van der Waals surface area contributed by atoms with Gasteiger partial charge >= 0.3 is 0 Å². The van der Waals surface area contributed by atoms with Crippen LogP contribution >= 0.6 is 0 Å². The number of hydrogen-bond donors (Lipinski definition) is 2. The molecule has 0 rings (SSSR count). The van der Waals surface area contributed by atoms with Crippen molar-refractivity contribution in [2.24, 2.45) is 0 Å². The lowest BCUT2D eigenvalue weighted by atomic mass is 10.0. The summed E-state index contributed by atoms with van der Waals surface area (Å²) in [6.45, 7) is 4.42. The van der Waals surface area contributed by atoms with E-state index < -0.39 is 5.97 Å². The Hall–Kier alpha value is -0.120. The van der Waals surface area contributed by atoms with Crippen LogP contribution in [0.5, 0.6) is 0 Å². The summed E-state index contributed by atoms with van der Waals surface area (Å²) in [5.41, 5.74) is 0. The molecule has 0 unspecified atom stereocenters. The van der Waals surface area contributed by atoms with Crippen molar-refractivity contribution >= 4 is 0 Å². The molecule has 3 nitrogen and oxygen atoms in total. The Morgan fingerprint density at radius 1 is 0.542 bits per heavy atom. The molecule has 3 heteroatoms. The van der Waals surface area contributed by atoms with Crippen molar-refractivity contribution in [2.75, 3.05) is 6.61 Å². The monoisotopic (exact) mass is 344 g/mol. The van der Waals surface area contributed by atoms with Crippen molar-refractivity contribution in [3.63, 3.8) is 0 Å². The number of unbranched alkanes of at least 4 members (excludes halogenated alkanes) is 15. The molecule has 0 aliphatic rings. The largest absolute Gasteiger partial charge is 0.343 e. The van der Waals surface area contributed by atoms with E-state index in [0.717, 1.165) is 12.8 Å². The standard InChI is InChI=1S/C21H44O3/c1-3-5-6-7-8-9-10-11-12-13-14-15-16-17-18-19-20-24-21(22,23)4-2/h22-23H,3-20H2,1-2H3. The fourth-order valence-electron chi connectivity index (χ4n) is 2.99. The smallest absolute Gasteiger partial charge is 0.277 e. The van der Waals surface area contributed by atoms with Crippen LogP contribution in [0.25, 0.3) is 0 Å². The van der Waals surface area contributed by atoms with E-state index in [1.165, 1.54) is 89.9 Å². The zero-order chi connectivity index (χ0) is 17.9. The first-order valence-electron chi connectivity index (χ1n) is 10.7. The number of hydrogen-bond acceptors (Lipinski definition) is 3. The zero-order valence-corrected chi connectivity index (χ0v) is 16.5. The Labute approximate surface area is 151 Å². The van der Waals surface area contributed by atoms with Crippen molar-refractivity contribution in [1.29, 1.82) is 0 Å². The van der Waals surface area contributed by atoms with Gasteiger partial charge in [-0.25, -0.2) is 0 Å². The van der Waals surface area contributed by atoms with E-state index in [2.05, 4.69) is 6.92 Å². The molecule has 24 heavy (non-hydrogen) atoms. The lowest BCUT2D eigenvalue weighted by Crippen LogP contribution is -2.31. The summed E-state index contributed by atoms with van der Waals surface area (Å²) in [4.78, 5) is 0. The van der Waals surface area contributed by atoms with Gasteiger partial charge in [-0.15, -0.1) is 0 Å². The Kier molecular flexibility index (Phi) is 17.6. The van der Waals surface area contributed by atoms with Crippen molar-refractivity contribution in [1.82, 2.24) is 0 Å². The summed E-state index contributed by atoms with van der Waals surface area (Å²) in [6.07, 6.45) is 21.7. The van der Waals surface area contributed by atoms with Gasteiger partial charge in [-0.2, -0.15) is 0 Å². The van der Waals surface area contributed by atoms with Gasteiger partial charge < -0.3 is 14.9 Å². The van der Waals surface area contributed by atoms with Gasteiger partial charge in [0.05, 0.1) is 6.61 Å². The van der Waals surface area contributed by atoms with Crippen LogP contribution in [0, 0.1) is 0 Å². The average molecular weight is 345 g/mol. The second-order valence-corrected chi connectivity index (χ2v) is 7.25. The molecule has 0 amide bonds. The van der Waals surface area contributed by atoms with E-state index in [1.807, 2.05) is 0 Å². The normalized spacial score (nSPS) is 12.0. The zero-order valence-electron chi connectivity index (χ0n) is 16.5. The molecule has 0 aliphatic carbocycles. The molecular formula is C21H44O3. The van der Waals surface area contributed by atoms with Gasteiger partial charge in [-0.05, 0) is 6.42 Å². The predicted octanol–water partition coefficient (Wildman–Crippen LogP) is 6.31. The summed E-state index contributed by atoms with van der Waals surface area (Å²) in [7, 11) is 0. The summed E-state index contributed by atoms with van der Waals surface area (Å²) < 4.78 is 5.01. The summed E-state index contributed by atoms with van der Waals surface area (Å²) in [5.74, 6) is -1.92. The number of rotatable bonds is 19. The first-order chi connectivity index (χ1) is 11.6. The molecule has 0 aromatic carbocycles. The van der Waals surface area contributed by atoms with Crippen molar-refractivity contribution < 1.29 is 14.9 Å². The highest BCUT2D eigenvalue weighted by Crippen LogP contribution is 2.14. The molecule has 0 aliphatic heterocycles. The van der Waals surface area contributed by atoms with Crippen LogP contribution < -0.4 is 0 Å². The fourth-order valence-corrected chi connectivity index (χ4v) is 2.99. The van der Waals surface area contributed by atoms with Crippen LogP contribution in [0.4, 0.5) is 0 Å². The van der Waals surface area contributed by atoms with Crippen molar-refractivity contribution in [2.45, 2.75) is 129 Å². The minimum atomic E-state index is -1.92. The maximum Gasteiger partial charge on any atom is 0.277 e. The Morgan fingerprint density at radius 3 is 1.21 bits per heavy atom. The Balaban J connectivity index is 3.05. The van der Waals surface area contributed by atoms with Gasteiger partial charge in [0.15, 0.2) is 0 Å². The Bertz CT molecular complexity index is 241. The van der Waals surface area contributed by atoms with E-state index in [-0.39, 0.29) is 6.42 Å². The summed E-state index contributed by atoms with van der Waals surface area (Å²) in [6, 6.07) is 0. The van der Waals surface area contributed by atoms with Crippen LogP contribution in [-0.4, -0.2) is 22.8 Å². The Morgan fingerprint density at radius 2 is 0.875 bits per heavy atom. The van der Waals surface area contributed by atoms with Crippen LogP contribution in [-0.2, 0) is 4.74 Å². The number of aliphatic hydroxyl groups is 2. The van der Waals surface area contributed by atoms with Gasteiger partial charge in [0.1, 0.15) is 0 Å². The van der Waals surface area contributed by atoms with Crippen LogP contribution in [0.2, 0.25) is 0 Å². The van der Waals surface area contributed by atoms with E-state index in [0.29, 0.717) is 6.61 Å². The molecule has 0 fully saturated rings. The fraction of sp³-hybridized carbons (Fsp3) is 1.00. The molecule has 0 aromatic heterocycles. The van der Waals surface area contributed by atoms with Gasteiger partial charge in [0, 0.05) is 6.42 Å². The third-order valence-electron chi connectivity index (χ3n) is 4.79. The molecule has 146 valence electrons. The SMILES string of the molecule is CCCCCCCCCCCCCCCCCCOC(O)(O)CC.